The molecule has 0 unspecified atom stereocenters. The van der Waals surface area contributed by atoms with Gasteiger partial charge in [-0.05, 0) is 56.2 Å². The zero-order chi connectivity index (χ0) is 22.7. The quantitative estimate of drug-likeness (QED) is 0.521. The van der Waals surface area contributed by atoms with Crippen molar-refractivity contribution in [3.63, 3.8) is 0 Å². The number of aryl methyl sites for hydroxylation is 1. The van der Waals surface area contributed by atoms with Gasteiger partial charge in [-0.15, -0.1) is 0 Å². The molecule has 0 saturated carbocycles. The van der Waals surface area contributed by atoms with Crippen molar-refractivity contribution in [2.75, 3.05) is 26.8 Å². The summed E-state index contributed by atoms with van der Waals surface area (Å²) in [5.41, 5.74) is 2.79. The van der Waals surface area contributed by atoms with E-state index >= 15 is 0 Å². The van der Waals surface area contributed by atoms with Crippen LogP contribution in [0, 0.1) is 0 Å². The number of carbonyl (C=O) groups excluding carboxylic acids is 2. The Morgan fingerprint density at radius 3 is 2.70 bits per heavy atom. The molecule has 0 atom stereocenters. The lowest BCUT2D eigenvalue weighted by molar-refractivity contribution is -0.127. The Kier molecular flexibility index (Phi) is 7.55. The van der Waals surface area contributed by atoms with E-state index in [0.717, 1.165) is 30.5 Å². The third kappa shape index (κ3) is 4.93. The lowest BCUT2D eigenvalue weighted by Crippen LogP contribution is -2.26. The van der Waals surface area contributed by atoms with Gasteiger partial charge in [-0.3, -0.25) is 4.79 Å². The highest BCUT2D eigenvalue weighted by Crippen LogP contribution is 2.33. The fourth-order valence-corrected chi connectivity index (χ4v) is 4.09. The lowest BCUT2D eigenvalue weighted by atomic mass is 10.2. The summed E-state index contributed by atoms with van der Waals surface area (Å²) in [7, 11) is 1.50. The van der Waals surface area contributed by atoms with Crippen molar-refractivity contribution in [1.82, 2.24) is 14.5 Å². The van der Waals surface area contributed by atoms with Gasteiger partial charge in [0.05, 0.1) is 30.3 Å². The summed E-state index contributed by atoms with van der Waals surface area (Å²) in [5.74, 6) is 0.937. The smallest absolute Gasteiger partial charge is 0.338 e. The number of rotatable bonds is 8. The SMILES string of the molecule is CCOC(=O)c1ccc2c(c1)nc(-c1ccc(O)c(OC)c1)n2CCCN1CCCC1=O.O. The number of aromatic nitrogens is 2. The topological polar surface area (TPSA) is 125 Å². The van der Waals surface area contributed by atoms with E-state index in [-0.39, 0.29) is 23.1 Å². The zero-order valence-electron chi connectivity index (χ0n) is 18.8. The van der Waals surface area contributed by atoms with E-state index in [9.17, 15) is 14.7 Å². The van der Waals surface area contributed by atoms with Crippen LogP contribution in [0.1, 0.15) is 36.5 Å². The number of hydrogen-bond acceptors (Lipinski definition) is 6. The molecular weight excluding hydrogens is 426 g/mol. The molecule has 9 heteroatoms. The molecule has 0 radical (unpaired) electrons. The molecular formula is C24H29N3O6. The molecule has 9 nitrogen and oxygen atoms in total. The van der Waals surface area contributed by atoms with Crippen LogP contribution in [0.4, 0.5) is 0 Å². The standard InChI is InChI=1S/C24H27N3O5.H2O/c1-3-32-24(30)17-7-9-19-18(14-17)25-23(16-8-10-20(28)21(15-16)31-2)27(19)13-5-12-26-11-4-6-22(26)29;/h7-10,14-15,28H,3-6,11-13H2,1-2H3;1H2. The molecule has 33 heavy (non-hydrogen) atoms. The second kappa shape index (κ2) is 10.4. The molecule has 1 aliphatic rings. The predicted octanol–water partition coefficient (Wildman–Crippen LogP) is 2.78. The van der Waals surface area contributed by atoms with E-state index in [0.29, 0.717) is 48.8 Å². The van der Waals surface area contributed by atoms with Gasteiger partial charge in [-0.2, -0.15) is 0 Å². The third-order valence-electron chi connectivity index (χ3n) is 5.68. The van der Waals surface area contributed by atoms with Crippen LogP contribution in [-0.2, 0) is 16.1 Å². The number of fused-ring (bicyclic) bond motifs is 1. The molecule has 176 valence electrons. The summed E-state index contributed by atoms with van der Waals surface area (Å²) in [6.45, 7) is 4.23. The molecule has 1 aromatic heterocycles. The van der Waals surface area contributed by atoms with Crippen molar-refractivity contribution < 1.29 is 29.6 Å². The Hall–Kier alpha value is -3.59. The van der Waals surface area contributed by atoms with Crippen LogP contribution in [0.2, 0.25) is 0 Å². The van der Waals surface area contributed by atoms with Crippen molar-refractivity contribution in [3.8, 4) is 22.9 Å². The Labute approximate surface area is 191 Å². The van der Waals surface area contributed by atoms with E-state index in [1.807, 2.05) is 11.0 Å². The first-order valence-corrected chi connectivity index (χ1v) is 10.8. The summed E-state index contributed by atoms with van der Waals surface area (Å²) >= 11 is 0. The van der Waals surface area contributed by atoms with Crippen LogP contribution in [-0.4, -0.2) is 63.7 Å². The summed E-state index contributed by atoms with van der Waals surface area (Å²) < 4.78 is 12.5. The van der Waals surface area contributed by atoms with Crippen LogP contribution in [0.5, 0.6) is 11.5 Å². The number of phenols is 1. The molecule has 0 spiro atoms. The van der Waals surface area contributed by atoms with E-state index in [1.54, 1.807) is 37.3 Å². The van der Waals surface area contributed by atoms with Crippen molar-refractivity contribution in [2.24, 2.45) is 0 Å². The maximum atomic E-state index is 12.2. The Bertz CT molecular complexity index is 1160. The van der Waals surface area contributed by atoms with Gasteiger partial charge in [-0.25, -0.2) is 9.78 Å². The second-order valence-electron chi connectivity index (χ2n) is 7.74. The third-order valence-corrected chi connectivity index (χ3v) is 5.68. The van der Waals surface area contributed by atoms with Crippen LogP contribution in [0.15, 0.2) is 36.4 Å². The molecule has 2 heterocycles. The molecule has 4 rings (SSSR count). The highest BCUT2D eigenvalue weighted by Gasteiger charge is 2.21. The number of imidazole rings is 1. The van der Waals surface area contributed by atoms with Crippen molar-refractivity contribution in [3.05, 3.63) is 42.0 Å². The van der Waals surface area contributed by atoms with Crippen molar-refractivity contribution >= 4 is 22.9 Å². The van der Waals surface area contributed by atoms with E-state index < -0.39 is 0 Å². The number of benzene rings is 2. The van der Waals surface area contributed by atoms with Gasteiger partial charge >= 0.3 is 5.97 Å². The first-order chi connectivity index (χ1) is 15.5. The van der Waals surface area contributed by atoms with E-state index in [1.165, 1.54) is 7.11 Å². The monoisotopic (exact) mass is 455 g/mol. The maximum Gasteiger partial charge on any atom is 0.338 e. The fraction of sp³-hybridized carbons (Fsp3) is 0.375. The second-order valence-corrected chi connectivity index (χ2v) is 7.74. The van der Waals surface area contributed by atoms with Crippen LogP contribution in [0.25, 0.3) is 22.4 Å². The van der Waals surface area contributed by atoms with E-state index in [2.05, 4.69) is 4.57 Å². The molecule has 0 bridgehead atoms. The molecule has 3 aromatic rings. The number of likely N-dealkylation sites (tertiary alicyclic amines) is 1. The molecule has 2 aromatic carbocycles. The van der Waals surface area contributed by atoms with Crippen LogP contribution >= 0.6 is 0 Å². The van der Waals surface area contributed by atoms with Crippen LogP contribution < -0.4 is 4.74 Å². The Morgan fingerprint density at radius 2 is 2.00 bits per heavy atom. The number of amides is 1. The average molecular weight is 456 g/mol. The van der Waals surface area contributed by atoms with Crippen LogP contribution in [0.3, 0.4) is 0 Å². The van der Waals surface area contributed by atoms with Crippen molar-refractivity contribution in [2.45, 2.75) is 32.7 Å². The number of carbonyl (C=O) groups is 2. The Balaban J connectivity index is 0.00000306. The van der Waals surface area contributed by atoms with Gasteiger partial charge in [0, 0.05) is 31.6 Å². The highest BCUT2D eigenvalue weighted by atomic mass is 16.5. The zero-order valence-corrected chi connectivity index (χ0v) is 18.8. The number of hydrogen-bond donors (Lipinski definition) is 1. The first-order valence-electron chi connectivity index (χ1n) is 10.8. The largest absolute Gasteiger partial charge is 0.504 e. The number of aromatic hydroxyl groups is 1. The van der Waals surface area contributed by atoms with Gasteiger partial charge in [0.1, 0.15) is 5.82 Å². The maximum absolute atomic E-state index is 12.2. The fourth-order valence-electron chi connectivity index (χ4n) is 4.09. The minimum Gasteiger partial charge on any atom is -0.504 e. The van der Waals surface area contributed by atoms with Gasteiger partial charge < -0.3 is 29.5 Å². The molecule has 0 aliphatic carbocycles. The van der Waals surface area contributed by atoms with E-state index in [4.69, 9.17) is 14.5 Å². The minimum absolute atomic E-state index is 0. The number of nitrogens with zero attached hydrogens (tertiary/aromatic N) is 3. The lowest BCUT2D eigenvalue weighted by Gasteiger charge is -2.16. The average Bonchev–Trinajstić information content (AvgIpc) is 3.37. The summed E-state index contributed by atoms with van der Waals surface area (Å²) in [5, 5.41) is 9.99. The van der Waals surface area contributed by atoms with Gasteiger partial charge in [0.2, 0.25) is 5.91 Å². The normalized spacial score (nSPS) is 13.3. The van der Waals surface area contributed by atoms with Gasteiger partial charge in [0.25, 0.3) is 0 Å². The molecule has 1 fully saturated rings. The molecule has 1 amide bonds. The molecule has 1 saturated heterocycles. The highest BCUT2D eigenvalue weighted by molar-refractivity contribution is 5.94. The molecule has 1 aliphatic heterocycles. The summed E-state index contributed by atoms with van der Waals surface area (Å²) in [6, 6.07) is 10.4. The Morgan fingerprint density at radius 1 is 1.18 bits per heavy atom. The predicted molar refractivity (Wildman–Crippen MR) is 123 cm³/mol. The van der Waals surface area contributed by atoms with Gasteiger partial charge in [-0.1, -0.05) is 0 Å². The number of ether oxygens (including phenoxy) is 2. The number of esters is 1. The van der Waals surface area contributed by atoms with Crippen molar-refractivity contribution in [1.29, 1.82) is 0 Å². The first kappa shape index (κ1) is 24.1. The summed E-state index contributed by atoms with van der Waals surface area (Å²) in [4.78, 5) is 30.8. The van der Waals surface area contributed by atoms with Gasteiger partial charge in [0.15, 0.2) is 11.5 Å². The molecule has 3 N–H and O–H groups in total. The summed E-state index contributed by atoms with van der Waals surface area (Å²) in [6.07, 6.45) is 2.32. The number of methoxy groups -OCH3 is 1. The minimum atomic E-state index is -0.385. The number of phenolic OH excluding ortho intramolecular Hbond substituents is 1.